The van der Waals surface area contributed by atoms with Crippen LogP contribution < -0.4 is 0 Å². The van der Waals surface area contributed by atoms with Gasteiger partial charge in [-0.15, -0.1) is 0 Å². The lowest BCUT2D eigenvalue weighted by Gasteiger charge is -2.32. The maximum atomic E-state index is 13.2. The van der Waals surface area contributed by atoms with Crippen molar-refractivity contribution in [3.63, 3.8) is 0 Å². The maximum absolute atomic E-state index is 13.2. The summed E-state index contributed by atoms with van der Waals surface area (Å²) in [5.41, 5.74) is 4.05. The lowest BCUT2D eigenvalue weighted by atomic mass is 9.75. The second-order valence-electron chi connectivity index (χ2n) is 8.53. The third kappa shape index (κ3) is 3.74. The first kappa shape index (κ1) is 19.3. The number of amides is 1. The average Bonchev–Trinajstić information content (AvgIpc) is 3.18. The first-order chi connectivity index (χ1) is 14.8. The van der Waals surface area contributed by atoms with Crippen LogP contribution in [0.2, 0.25) is 0 Å². The van der Waals surface area contributed by atoms with Crippen molar-refractivity contribution < 1.29 is 9.53 Å². The second-order valence-corrected chi connectivity index (χ2v) is 8.53. The molecule has 5 nitrogen and oxygen atoms in total. The minimum absolute atomic E-state index is 0.0732. The summed E-state index contributed by atoms with van der Waals surface area (Å²) in [5.74, 6) is 1.22. The normalized spacial score (nSPS) is 22.3. The highest BCUT2D eigenvalue weighted by atomic mass is 16.5. The largest absolute Gasteiger partial charge is 0.378 e. The predicted octanol–water partition coefficient (Wildman–Crippen LogP) is 4.48. The van der Waals surface area contributed by atoms with E-state index in [9.17, 15) is 4.79 Å². The van der Waals surface area contributed by atoms with Gasteiger partial charge >= 0.3 is 0 Å². The number of carbonyl (C=O) groups is 1. The third-order valence-electron chi connectivity index (χ3n) is 6.73. The molecule has 2 aromatic heterocycles. The summed E-state index contributed by atoms with van der Waals surface area (Å²) in [5, 5.41) is 0. The van der Waals surface area contributed by atoms with Gasteiger partial charge < -0.3 is 14.2 Å². The highest BCUT2D eigenvalue weighted by molar-refractivity contribution is 6.05. The number of aromatic nitrogens is 2. The lowest BCUT2D eigenvalue weighted by molar-refractivity contribution is 0.0304. The quantitative estimate of drug-likeness (QED) is 0.645. The van der Waals surface area contributed by atoms with Crippen molar-refractivity contribution in [2.24, 2.45) is 5.92 Å². The van der Waals surface area contributed by atoms with E-state index >= 15 is 0 Å². The first-order valence-corrected chi connectivity index (χ1v) is 11.2. The average molecular weight is 404 g/mol. The van der Waals surface area contributed by atoms with Gasteiger partial charge in [-0.3, -0.25) is 9.78 Å². The topological polar surface area (TPSA) is 47.4 Å². The summed E-state index contributed by atoms with van der Waals surface area (Å²) in [6.07, 6.45) is 8.88. The van der Waals surface area contributed by atoms with Crippen molar-refractivity contribution in [3.8, 4) is 0 Å². The van der Waals surface area contributed by atoms with Crippen LogP contribution in [-0.2, 0) is 11.3 Å². The number of hydrogen-bond donors (Lipinski definition) is 0. The summed E-state index contributed by atoms with van der Waals surface area (Å²) in [6.45, 7) is 3.45. The van der Waals surface area contributed by atoms with Crippen molar-refractivity contribution >= 4 is 16.9 Å². The van der Waals surface area contributed by atoms with Gasteiger partial charge in [0.25, 0.3) is 5.91 Å². The van der Waals surface area contributed by atoms with Crippen molar-refractivity contribution in [2.45, 2.75) is 38.1 Å². The van der Waals surface area contributed by atoms with E-state index in [2.05, 4.69) is 45.9 Å². The number of pyridine rings is 1. The van der Waals surface area contributed by atoms with E-state index in [0.29, 0.717) is 38.1 Å². The van der Waals surface area contributed by atoms with Crippen molar-refractivity contribution in [1.82, 2.24) is 14.5 Å². The molecule has 1 aromatic carbocycles. The number of rotatable bonds is 4. The molecular weight excluding hydrogens is 374 g/mol. The number of ether oxygens (including phenoxy) is 1. The van der Waals surface area contributed by atoms with E-state index in [1.54, 1.807) is 6.20 Å². The van der Waals surface area contributed by atoms with Crippen LogP contribution in [0.15, 0.2) is 54.9 Å². The maximum Gasteiger partial charge on any atom is 0.257 e. The summed E-state index contributed by atoms with van der Waals surface area (Å²) >= 11 is 0. The Balaban J connectivity index is 1.46. The molecule has 5 rings (SSSR count). The summed E-state index contributed by atoms with van der Waals surface area (Å²) in [6, 6.07) is 15.0. The summed E-state index contributed by atoms with van der Waals surface area (Å²) in [7, 11) is 0. The van der Waals surface area contributed by atoms with Gasteiger partial charge in [-0.1, -0.05) is 43.2 Å². The summed E-state index contributed by atoms with van der Waals surface area (Å²) < 4.78 is 7.70. The van der Waals surface area contributed by atoms with Gasteiger partial charge in [-0.05, 0) is 42.4 Å². The molecule has 1 saturated heterocycles. The molecule has 2 fully saturated rings. The van der Waals surface area contributed by atoms with Gasteiger partial charge in [-0.25, -0.2) is 0 Å². The third-order valence-corrected chi connectivity index (χ3v) is 6.73. The SMILES string of the molecule is O=C(c1cn(CC2CCCCC2c2ccccc2)c2cccnc12)N1CCOCC1. The van der Waals surface area contributed by atoms with Crippen LogP contribution in [0.3, 0.4) is 0 Å². The fourth-order valence-corrected chi connectivity index (χ4v) is 5.18. The Morgan fingerprint density at radius 1 is 1.03 bits per heavy atom. The zero-order valence-electron chi connectivity index (χ0n) is 17.4. The molecule has 1 amide bonds. The Labute approximate surface area is 177 Å². The highest BCUT2D eigenvalue weighted by Crippen LogP contribution is 2.39. The fourth-order valence-electron chi connectivity index (χ4n) is 5.18. The molecule has 156 valence electrons. The van der Waals surface area contributed by atoms with Gasteiger partial charge in [0.1, 0.15) is 5.52 Å². The molecule has 30 heavy (non-hydrogen) atoms. The molecule has 1 saturated carbocycles. The molecule has 2 atom stereocenters. The Hall–Kier alpha value is -2.66. The van der Waals surface area contributed by atoms with Crippen molar-refractivity contribution in [3.05, 3.63) is 66.0 Å². The van der Waals surface area contributed by atoms with E-state index in [1.165, 1.54) is 31.2 Å². The van der Waals surface area contributed by atoms with Gasteiger partial charge in [0, 0.05) is 32.0 Å². The molecule has 0 N–H and O–H groups in total. The van der Waals surface area contributed by atoms with Gasteiger partial charge in [0.2, 0.25) is 0 Å². The van der Waals surface area contributed by atoms with Gasteiger partial charge in [0.15, 0.2) is 0 Å². The molecule has 2 unspecified atom stereocenters. The molecule has 5 heteroatoms. The molecule has 2 aliphatic rings. The minimum Gasteiger partial charge on any atom is -0.378 e. The van der Waals surface area contributed by atoms with Crippen LogP contribution in [0.1, 0.15) is 47.5 Å². The van der Waals surface area contributed by atoms with E-state index in [1.807, 2.05) is 17.2 Å². The van der Waals surface area contributed by atoms with Crippen LogP contribution in [0.5, 0.6) is 0 Å². The smallest absolute Gasteiger partial charge is 0.257 e. The molecular formula is C25H29N3O2. The van der Waals surface area contributed by atoms with Crippen molar-refractivity contribution in [1.29, 1.82) is 0 Å². The first-order valence-electron chi connectivity index (χ1n) is 11.2. The van der Waals surface area contributed by atoms with E-state index in [0.717, 1.165) is 23.1 Å². The molecule has 3 aromatic rings. The van der Waals surface area contributed by atoms with E-state index in [4.69, 9.17) is 4.74 Å². The predicted molar refractivity (Wildman–Crippen MR) is 118 cm³/mol. The number of carbonyl (C=O) groups excluding carboxylic acids is 1. The van der Waals surface area contributed by atoms with Gasteiger partial charge in [-0.2, -0.15) is 0 Å². The van der Waals surface area contributed by atoms with E-state index in [-0.39, 0.29) is 5.91 Å². The van der Waals surface area contributed by atoms with Crippen LogP contribution in [0.4, 0.5) is 0 Å². The second kappa shape index (κ2) is 8.60. The highest BCUT2D eigenvalue weighted by Gasteiger charge is 2.29. The van der Waals surface area contributed by atoms with Gasteiger partial charge in [0.05, 0.1) is 24.3 Å². The molecule has 1 aliphatic heterocycles. The number of fused-ring (bicyclic) bond motifs is 1. The fraction of sp³-hybridized carbons (Fsp3) is 0.440. The zero-order valence-corrected chi connectivity index (χ0v) is 17.4. The standard InChI is InChI=1S/C25H29N3O2/c29-25(27-13-15-30-16-14-27)22-18-28(23-11-6-12-26-24(22)23)17-20-9-4-5-10-21(20)19-7-2-1-3-8-19/h1-3,6-8,11-12,18,20-21H,4-5,9-10,13-17H2. The molecule has 0 spiro atoms. The van der Waals surface area contributed by atoms with Crippen LogP contribution in [0.25, 0.3) is 11.0 Å². The Bertz CT molecular complexity index is 1010. The lowest BCUT2D eigenvalue weighted by Crippen LogP contribution is -2.40. The number of hydrogen-bond acceptors (Lipinski definition) is 3. The number of morpholine rings is 1. The zero-order chi connectivity index (χ0) is 20.3. The van der Waals surface area contributed by atoms with Crippen LogP contribution in [0, 0.1) is 5.92 Å². The summed E-state index contributed by atoms with van der Waals surface area (Å²) in [4.78, 5) is 19.7. The monoisotopic (exact) mass is 403 g/mol. The number of benzene rings is 1. The molecule has 3 heterocycles. The Morgan fingerprint density at radius 2 is 1.83 bits per heavy atom. The molecule has 1 aliphatic carbocycles. The Kier molecular flexibility index (Phi) is 5.54. The molecule has 0 radical (unpaired) electrons. The number of nitrogens with zero attached hydrogens (tertiary/aromatic N) is 3. The van der Waals surface area contributed by atoms with Crippen LogP contribution in [-0.4, -0.2) is 46.7 Å². The van der Waals surface area contributed by atoms with Crippen molar-refractivity contribution in [2.75, 3.05) is 26.3 Å². The van der Waals surface area contributed by atoms with E-state index < -0.39 is 0 Å². The minimum atomic E-state index is 0.0732. The Morgan fingerprint density at radius 3 is 2.67 bits per heavy atom. The van der Waals surface area contributed by atoms with Crippen LogP contribution >= 0.6 is 0 Å². The molecule has 0 bridgehead atoms.